The van der Waals surface area contributed by atoms with Gasteiger partial charge in [-0.3, -0.25) is 4.68 Å². The van der Waals surface area contributed by atoms with E-state index in [4.69, 9.17) is 5.73 Å². The molecule has 5 heteroatoms. The highest BCUT2D eigenvalue weighted by Crippen LogP contribution is 2.26. The Morgan fingerprint density at radius 1 is 1.42 bits per heavy atom. The Bertz CT molecular complexity index is 636. The van der Waals surface area contributed by atoms with E-state index in [9.17, 15) is 5.26 Å². The van der Waals surface area contributed by atoms with Crippen molar-refractivity contribution in [2.75, 3.05) is 11.1 Å². The Hall–Kier alpha value is -2.48. The highest BCUT2D eigenvalue weighted by molar-refractivity contribution is 5.58. The number of aromatic nitrogens is 2. The average molecular weight is 255 g/mol. The molecular weight excluding hydrogens is 238 g/mol. The van der Waals surface area contributed by atoms with Gasteiger partial charge in [-0.25, -0.2) is 0 Å². The van der Waals surface area contributed by atoms with Crippen LogP contribution in [0.1, 0.15) is 29.8 Å². The number of nitrogens with one attached hydrogen (secondary N) is 1. The number of rotatable bonds is 3. The van der Waals surface area contributed by atoms with Crippen LogP contribution in [0.2, 0.25) is 0 Å². The molecule has 0 bridgehead atoms. The second-order valence-electron chi connectivity index (χ2n) is 4.54. The van der Waals surface area contributed by atoms with Crippen LogP contribution in [0.5, 0.6) is 0 Å². The first-order valence-corrected chi connectivity index (χ1v) is 6.09. The van der Waals surface area contributed by atoms with Gasteiger partial charge >= 0.3 is 0 Å². The SMILES string of the molecule is Cc1nn(C)c(NC(C)c2ccccc2N)c1C#N. The molecule has 0 saturated carbocycles. The number of hydrogen-bond donors (Lipinski definition) is 2. The Morgan fingerprint density at radius 3 is 2.74 bits per heavy atom. The zero-order valence-corrected chi connectivity index (χ0v) is 11.3. The largest absolute Gasteiger partial charge is 0.398 e. The molecule has 98 valence electrons. The van der Waals surface area contributed by atoms with Gasteiger partial charge in [0, 0.05) is 12.7 Å². The number of aryl methyl sites for hydroxylation is 2. The predicted octanol–water partition coefficient (Wildman–Crippen LogP) is 2.36. The van der Waals surface area contributed by atoms with Crippen molar-refractivity contribution in [3.63, 3.8) is 0 Å². The van der Waals surface area contributed by atoms with Gasteiger partial charge in [-0.15, -0.1) is 0 Å². The third kappa shape index (κ3) is 2.38. The van der Waals surface area contributed by atoms with Crippen LogP contribution in [-0.4, -0.2) is 9.78 Å². The molecule has 0 aliphatic carbocycles. The molecule has 0 amide bonds. The number of para-hydroxylation sites is 1. The summed E-state index contributed by atoms with van der Waals surface area (Å²) in [5.41, 5.74) is 9.00. The number of hydrogen-bond acceptors (Lipinski definition) is 4. The molecule has 1 atom stereocenters. The number of benzene rings is 1. The third-order valence-electron chi connectivity index (χ3n) is 3.15. The van der Waals surface area contributed by atoms with Crippen molar-refractivity contribution in [3.05, 3.63) is 41.1 Å². The number of nitrogen functional groups attached to an aromatic ring is 1. The first kappa shape index (κ1) is 13.0. The molecule has 1 aromatic carbocycles. The number of nitrogens with two attached hydrogens (primary N) is 1. The van der Waals surface area contributed by atoms with Crippen molar-refractivity contribution in [3.8, 4) is 6.07 Å². The minimum Gasteiger partial charge on any atom is -0.398 e. The molecule has 0 spiro atoms. The maximum atomic E-state index is 9.18. The van der Waals surface area contributed by atoms with Crippen molar-refractivity contribution in [1.82, 2.24) is 9.78 Å². The van der Waals surface area contributed by atoms with E-state index in [0.717, 1.165) is 22.8 Å². The quantitative estimate of drug-likeness (QED) is 0.825. The van der Waals surface area contributed by atoms with E-state index in [2.05, 4.69) is 16.5 Å². The summed E-state index contributed by atoms with van der Waals surface area (Å²) in [7, 11) is 1.82. The Labute approximate surface area is 112 Å². The molecule has 19 heavy (non-hydrogen) atoms. The van der Waals surface area contributed by atoms with Crippen LogP contribution in [0, 0.1) is 18.3 Å². The summed E-state index contributed by atoms with van der Waals surface area (Å²) in [6.07, 6.45) is 0. The van der Waals surface area contributed by atoms with E-state index >= 15 is 0 Å². The first-order chi connectivity index (χ1) is 9.04. The maximum absolute atomic E-state index is 9.18. The molecule has 2 aromatic rings. The molecule has 3 N–H and O–H groups in total. The fourth-order valence-corrected chi connectivity index (χ4v) is 2.15. The van der Waals surface area contributed by atoms with Crippen molar-refractivity contribution in [2.24, 2.45) is 7.05 Å². The van der Waals surface area contributed by atoms with Gasteiger partial charge in [0.1, 0.15) is 17.5 Å². The summed E-state index contributed by atoms with van der Waals surface area (Å²) < 4.78 is 1.68. The molecule has 0 fully saturated rings. The zero-order valence-electron chi connectivity index (χ0n) is 11.3. The van der Waals surface area contributed by atoms with Crippen LogP contribution in [0.4, 0.5) is 11.5 Å². The summed E-state index contributed by atoms with van der Waals surface area (Å²) in [6.45, 7) is 3.83. The number of anilines is 2. The van der Waals surface area contributed by atoms with Gasteiger partial charge in [0.15, 0.2) is 0 Å². The van der Waals surface area contributed by atoms with Crippen LogP contribution in [0.25, 0.3) is 0 Å². The Balaban J connectivity index is 2.32. The number of nitriles is 1. The van der Waals surface area contributed by atoms with Gasteiger partial charge in [0.2, 0.25) is 0 Å². The fraction of sp³-hybridized carbons (Fsp3) is 0.286. The molecule has 1 heterocycles. The lowest BCUT2D eigenvalue weighted by Gasteiger charge is -2.17. The molecule has 5 nitrogen and oxygen atoms in total. The highest BCUT2D eigenvalue weighted by atomic mass is 15.3. The van der Waals surface area contributed by atoms with E-state index in [1.807, 2.05) is 45.2 Å². The zero-order chi connectivity index (χ0) is 14.0. The van der Waals surface area contributed by atoms with Crippen LogP contribution < -0.4 is 11.1 Å². The maximum Gasteiger partial charge on any atom is 0.142 e. The first-order valence-electron chi connectivity index (χ1n) is 6.09. The Morgan fingerprint density at radius 2 is 2.11 bits per heavy atom. The molecule has 0 aliphatic rings. The summed E-state index contributed by atoms with van der Waals surface area (Å²) in [6, 6.07) is 9.88. The lowest BCUT2D eigenvalue weighted by Crippen LogP contribution is -2.12. The van der Waals surface area contributed by atoms with Crippen molar-refractivity contribution >= 4 is 11.5 Å². The average Bonchev–Trinajstić information content (AvgIpc) is 2.64. The van der Waals surface area contributed by atoms with Crippen molar-refractivity contribution in [1.29, 1.82) is 5.26 Å². The molecule has 2 rings (SSSR count). The molecule has 1 aromatic heterocycles. The van der Waals surface area contributed by atoms with Crippen LogP contribution in [0.15, 0.2) is 24.3 Å². The molecular formula is C14H17N5. The van der Waals surface area contributed by atoms with E-state index in [1.54, 1.807) is 4.68 Å². The van der Waals surface area contributed by atoms with Crippen LogP contribution >= 0.6 is 0 Å². The minimum absolute atomic E-state index is 0.00287. The van der Waals surface area contributed by atoms with Gasteiger partial charge in [0.05, 0.1) is 11.7 Å². The molecule has 0 saturated heterocycles. The predicted molar refractivity (Wildman–Crippen MR) is 75.6 cm³/mol. The van der Waals surface area contributed by atoms with Gasteiger partial charge in [0.25, 0.3) is 0 Å². The Kier molecular flexibility index (Phi) is 3.43. The van der Waals surface area contributed by atoms with E-state index < -0.39 is 0 Å². The summed E-state index contributed by atoms with van der Waals surface area (Å²) >= 11 is 0. The molecule has 1 unspecified atom stereocenters. The van der Waals surface area contributed by atoms with Crippen LogP contribution in [0.3, 0.4) is 0 Å². The van der Waals surface area contributed by atoms with E-state index in [0.29, 0.717) is 5.56 Å². The lowest BCUT2D eigenvalue weighted by atomic mass is 10.1. The van der Waals surface area contributed by atoms with Crippen LogP contribution in [-0.2, 0) is 7.05 Å². The monoisotopic (exact) mass is 255 g/mol. The molecule has 0 radical (unpaired) electrons. The van der Waals surface area contributed by atoms with E-state index in [1.165, 1.54) is 0 Å². The summed E-state index contributed by atoms with van der Waals surface area (Å²) in [5, 5.41) is 16.7. The molecule has 0 aliphatic heterocycles. The second-order valence-corrected chi connectivity index (χ2v) is 4.54. The minimum atomic E-state index is 0.00287. The van der Waals surface area contributed by atoms with Gasteiger partial charge in [-0.05, 0) is 25.5 Å². The van der Waals surface area contributed by atoms with Crippen molar-refractivity contribution in [2.45, 2.75) is 19.9 Å². The summed E-state index contributed by atoms with van der Waals surface area (Å²) in [4.78, 5) is 0. The highest BCUT2D eigenvalue weighted by Gasteiger charge is 2.16. The topological polar surface area (TPSA) is 79.7 Å². The van der Waals surface area contributed by atoms with Crippen molar-refractivity contribution < 1.29 is 0 Å². The lowest BCUT2D eigenvalue weighted by molar-refractivity contribution is 0.743. The summed E-state index contributed by atoms with van der Waals surface area (Å²) in [5.74, 6) is 0.718. The number of nitrogens with zero attached hydrogens (tertiary/aromatic N) is 3. The standard InChI is InChI=1S/C14H17N5/c1-9(11-6-4-5-7-13(11)16)17-14-12(8-15)10(2)18-19(14)3/h4-7,9,17H,16H2,1-3H3. The van der Waals surface area contributed by atoms with Gasteiger partial charge in [-0.1, -0.05) is 18.2 Å². The third-order valence-corrected chi connectivity index (χ3v) is 3.15. The van der Waals surface area contributed by atoms with Gasteiger partial charge < -0.3 is 11.1 Å². The smallest absolute Gasteiger partial charge is 0.142 e. The van der Waals surface area contributed by atoms with E-state index in [-0.39, 0.29) is 6.04 Å². The second kappa shape index (κ2) is 5.02. The van der Waals surface area contributed by atoms with Gasteiger partial charge in [-0.2, -0.15) is 10.4 Å². The fourth-order valence-electron chi connectivity index (χ4n) is 2.15. The normalized spacial score (nSPS) is 11.9.